The molecular formula is C20H19N5O2. The quantitative estimate of drug-likeness (QED) is 0.551. The summed E-state index contributed by atoms with van der Waals surface area (Å²) < 4.78 is 1.25. The SMILES string of the molecule is CC1CN(c2ccc3c(c2)[n+]([O-])c(C#N)c(-c2ccccc2)[n+]3[O-])CCN1. The van der Waals surface area contributed by atoms with E-state index in [2.05, 4.69) is 17.1 Å². The fourth-order valence-corrected chi connectivity index (χ4v) is 3.59. The lowest BCUT2D eigenvalue weighted by Crippen LogP contribution is -2.49. The summed E-state index contributed by atoms with van der Waals surface area (Å²) in [6, 6.07) is 16.2. The Hall–Kier alpha value is -3.37. The molecule has 1 aromatic heterocycles. The van der Waals surface area contributed by atoms with Gasteiger partial charge in [0.15, 0.2) is 6.07 Å². The van der Waals surface area contributed by atoms with Crippen molar-refractivity contribution in [3.05, 3.63) is 64.6 Å². The third-order valence-electron chi connectivity index (χ3n) is 4.91. The molecule has 1 atom stereocenters. The molecule has 1 aliphatic heterocycles. The molecule has 1 N–H and O–H groups in total. The molecule has 0 saturated carbocycles. The van der Waals surface area contributed by atoms with Crippen molar-refractivity contribution in [3.63, 3.8) is 0 Å². The minimum atomic E-state index is -0.200. The Morgan fingerprint density at radius 1 is 1.11 bits per heavy atom. The van der Waals surface area contributed by atoms with Crippen molar-refractivity contribution in [2.45, 2.75) is 13.0 Å². The van der Waals surface area contributed by atoms with Crippen LogP contribution in [0.15, 0.2) is 48.5 Å². The lowest BCUT2D eigenvalue weighted by atomic mass is 10.1. The van der Waals surface area contributed by atoms with Crippen LogP contribution in [-0.4, -0.2) is 25.7 Å². The molecular weight excluding hydrogens is 342 g/mol. The number of piperazine rings is 1. The third-order valence-corrected chi connectivity index (χ3v) is 4.91. The Labute approximate surface area is 156 Å². The predicted octanol–water partition coefficient (Wildman–Crippen LogP) is 1.44. The Balaban J connectivity index is 1.91. The average molecular weight is 361 g/mol. The molecule has 0 aliphatic carbocycles. The Morgan fingerprint density at radius 2 is 1.89 bits per heavy atom. The van der Waals surface area contributed by atoms with Gasteiger partial charge in [-0.3, -0.25) is 0 Å². The summed E-state index contributed by atoms with van der Waals surface area (Å²) in [5.74, 6) is 0. The largest absolute Gasteiger partial charge is 0.617 e. The van der Waals surface area contributed by atoms with Crippen LogP contribution in [0.25, 0.3) is 22.3 Å². The van der Waals surface area contributed by atoms with E-state index in [9.17, 15) is 15.7 Å². The van der Waals surface area contributed by atoms with Gasteiger partial charge in [0, 0.05) is 43.5 Å². The Bertz CT molecular complexity index is 1050. The van der Waals surface area contributed by atoms with Crippen molar-refractivity contribution in [1.82, 2.24) is 5.32 Å². The second-order valence-electron chi connectivity index (χ2n) is 6.74. The standard InChI is InChI=1S/C20H19N5O2/c1-14-13-23(10-9-22-14)16-7-8-17-18(11-16)24(26)19(12-21)20(25(17)27)15-5-3-2-4-6-15/h2-8,11,14,22H,9-10,13H2,1H3. The molecule has 27 heavy (non-hydrogen) atoms. The number of rotatable bonds is 2. The van der Waals surface area contributed by atoms with Gasteiger partial charge in [0.25, 0.3) is 11.0 Å². The number of nitriles is 1. The summed E-state index contributed by atoms with van der Waals surface area (Å²) in [5, 5.41) is 38.8. The van der Waals surface area contributed by atoms with Crippen molar-refractivity contribution >= 4 is 16.7 Å². The minimum absolute atomic E-state index is 0.0733. The van der Waals surface area contributed by atoms with Crippen LogP contribution in [0.5, 0.6) is 0 Å². The monoisotopic (exact) mass is 361 g/mol. The highest BCUT2D eigenvalue weighted by Crippen LogP contribution is 2.24. The number of benzene rings is 2. The molecule has 0 spiro atoms. The highest BCUT2D eigenvalue weighted by atomic mass is 16.5. The molecule has 7 nitrogen and oxygen atoms in total. The van der Waals surface area contributed by atoms with E-state index >= 15 is 0 Å². The summed E-state index contributed by atoms with van der Waals surface area (Å²) >= 11 is 0. The highest BCUT2D eigenvalue weighted by Gasteiger charge is 2.30. The van der Waals surface area contributed by atoms with Crippen molar-refractivity contribution in [1.29, 1.82) is 5.26 Å². The van der Waals surface area contributed by atoms with E-state index in [-0.39, 0.29) is 22.4 Å². The predicted molar refractivity (Wildman–Crippen MR) is 102 cm³/mol. The van der Waals surface area contributed by atoms with Gasteiger partial charge in [-0.05, 0) is 25.1 Å². The topological polar surface area (TPSA) is 92.9 Å². The zero-order valence-electron chi connectivity index (χ0n) is 14.9. The summed E-state index contributed by atoms with van der Waals surface area (Å²) in [5.41, 5.74) is 1.73. The average Bonchev–Trinajstić information content (AvgIpc) is 2.70. The van der Waals surface area contributed by atoms with Crippen LogP contribution in [-0.2, 0) is 0 Å². The van der Waals surface area contributed by atoms with E-state index in [0.29, 0.717) is 21.1 Å². The second-order valence-corrected chi connectivity index (χ2v) is 6.74. The molecule has 3 aromatic rings. The van der Waals surface area contributed by atoms with Gasteiger partial charge < -0.3 is 20.6 Å². The van der Waals surface area contributed by atoms with Crippen LogP contribution in [0.3, 0.4) is 0 Å². The maximum absolute atomic E-state index is 13.0. The maximum atomic E-state index is 13.0. The number of nitrogens with zero attached hydrogens (tertiary/aromatic N) is 4. The first-order valence-corrected chi connectivity index (χ1v) is 8.87. The van der Waals surface area contributed by atoms with Gasteiger partial charge in [-0.2, -0.15) is 9.99 Å². The molecule has 2 aromatic carbocycles. The number of anilines is 1. The lowest BCUT2D eigenvalue weighted by molar-refractivity contribution is -0.622. The van der Waals surface area contributed by atoms with Crippen molar-refractivity contribution in [2.24, 2.45) is 0 Å². The number of aromatic nitrogens is 2. The smallest absolute Gasteiger partial charge is 0.369 e. The normalized spacial score (nSPS) is 17.0. The van der Waals surface area contributed by atoms with Gasteiger partial charge in [0.2, 0.25) is 0 Å². The van der Waals surface area contributed by atoms with Gasteiger partial charge in [0.05, 0.1) is 5.56 Å². The molecule has 0 radical (unpaired) electrons. The zero-order valence-corrected chi connectivity index (χ0v) is 14.9. The van der Waals surface area contributed by atoms with E-state index in [4.69, 9.17) is 0 Å². The number of hydrogen-bond acceptors (Lipinski definition) is 5. The molecule has 7 heteroatoms. The van der Waals surface area contributed by atoms with Crippen LogP contribution in [0.1, 0.15) is 12.6 Å². The molecule has 4 rings (SSSR count). The third kappa shape index (κ3) is 2.90. The first-order chi connectivity index (χ1) is 13.1. The van der Waals surface area contributed by atoms with Gasteiger partial charge in [0.1, 0.15) is 0 Å². The number of hydrogen-bond donors (Lipinski definition) is 1. The van der Waals surface area contributed by atoms with Crippen LogP contribution in [0.4, 0.5) is 5.69 Å². The van der Waals surface area contributed by atoms with Crippen LogP contribution in [0.2, 0.25) is 0 Å². The van der Waals surface area contributed by atoms with E-state index in [1.165, 1.54) is 0 Å². The molecule has 136 valence electrons. The molecule has 1 aliphatic rings. The number of nitrogens with one attached hydrogen (secondary N) is 1. The van der Waals surface area contributed by atoms with Gasteiger partial charge in [-0.1, -0.05) is 18.2 Å². The molecule has 2 heterocycles. The Kier molecular flexibility index (Phi) is 4.26. The first-order valence-electron chi connectivity index (χ1n) is 8.87. The number of fused-ring (bicyclic) bond motifs is 1. The summed E-state index contributed by atoms with van der Waals surface area (Å²) in [7, 11) is 0. The molecule has 1 fully saturated rings. The molecule has 1 unspecified atom stereocenters. The molecule has 0 amide bonds. The van der Waals surface area contributed by atoms with E-state index in [1.807, 2.05) is 18.2 Å². The Morgan fingerprint density at radius 3 is 2.59 bits per heavy atom. The molecule has 1 saturated heterocycles. The molecule has 0 bridgehead atoms. The zero-order chi connectivity index (χ0) is 19.0. The van der Waals surface area contributed by atoms with Crippen molar-refractivity contribution in [2.75, 3.05) is 24.5 Å². The van der Waals surface area contributed by atoms with Gasteiger partial charge in [-0.15, -0.1) is 4.73 Å². The van der Waals surface area contributed by atoms with Crippen LogP contribution in [0, 0.1) is 21.7 Å². The maximum Gasteiger partial charge on any atom is 0.369 e. The van der Waals surface area contributed by atoms with Crippen molar-refractivity contribution in [3.8, 4) is 17.3 Å². The lowest BCUT2D eigenvalue weighted by Gasteiger charge is -2.33. The van der Waals surface area contributed by atoms with E-state index in [0.717, 1.165) is 25.3 Å². The fraction of sp³-hybridized carbons (Fsp3) is 0.250. The highest BCUT2D eigenvalue weighted by molar-refractivity contribution is 5.76. The van der Waals surface area contributed by atoms with E-state index in [1.54, 1.807) is 36.4 Å². The van der Waals surface area contributed by atoms with Crippen LogP contribution < -0.4 is 19.7 Å². The van der Waals surface area contributed by atoms with Crippen LogP contribution >= 0.6 is 0 Å². The fourth-order valence-electron chi connectivity index (χ4n) is 3.59. The summed E-state index contributed by atoms with van der Waals surface area (Å²) in [6.45, 7) is 4.59. The first kappa shape index (κ1) is 17.1. The van der Waals surface area contributed by atoms with Crippen molar-refractivity contribution < 1.29 is 9.46 Å². The second kappa shape index (κ2) is 6.74. The minimum Gasteiger partial charge on any atom is -0.617 e. The van der Waals surface area contributed by atoms with Gasteiger partial charge in [-0.25, -0.2) is 0 Å². The summed E-state index contributed by atoms with van der Waals surface area (Å²) in [4.78, 5) is 2.17. The van der Waals surface area contributed by atoms with Gasteiger partial charge >= 0.3 is 11.4 Å². The summed E-state index contributed by atoms with van der Waals surface area (Å²) in [6.07, 6.45) is 0. The van der Waals surface area contributed by atoms with E-state index < -0.39 is 0 Å².